The van der Waals surface area contributed by atoms with E-state index in [2.05, 4.69) is 23.2 Å². The number of rotatable bonds is 0. The summed E-state index contributed by atoms with van der Waals surface area (Å²) in [7, 11) is -4.56. The minimum atomic E-state index is -4.56. The molecule has 0 amide bonds. The average Bonchev–Trinajstić information content (AvgIpc) is 1.65. The van der Waals surface area contributed by atoms with E-state index in [0.717, 1.165) is 0 Å². The Hall–Kier alpha value is -0.130. The van der Waals surface area contributed by atoms with Gasteiger partial charge >= 0.3 is 19.0 Å². The highest BCUT2D eigenvalue weighted by atomic mass is 35.5. The minimum Gasteiger partial charge on any atom is -0.262 e. The molecule has 0 heterocycles. The molecule has 0 aromatic heterocycles. The Morgan fingerprint density at radius 1 is 1.00 bits per heavy atom. The molecule has 4 nitrogen and oxygen atoms in total. The van der Waals surface area contributed by atoms with E-state index in [1.807, 2.05) is 0 Å². The number of halogens is 2. The van der Waals surface area contributed by atoms with Crippen molar-refractivity contribution in [2.75, 3.05) is 0 Å². The molecule has 0 aliphatic heterocycles. The van der Waals surface area contributed by atoms with Gasteiger partial charge in [0.1, 0.15) is 0 Å². The van der Waals surface area contributed by atoms with Crippen LogP contribution in [0, 0.1) is 0 Å². The maximum Gasteiger partial charge on any atom is 0.345 e. The molecule has 0 aromatic carbocycles. The fourth-order valence-electron chi connectivity index (χ4n) is 0.0631. The summed E-state index contributed by atoms with van der Waals surface area (Å²) >= 11 is 8.86. The van der Waals surface area contributed by atoms with Gasteiger partial charge in [0.25, 0.3) is 0 Å². The lowest BCUT2D eigenvalue weighted by Gasteiger charge is -1.83. The Balaban J connectivity index is 4.87. The third-order valence-corrected chi connectivity index (χ3v) is 2.49. The van der Waals surface area contributed by atoms with Crippen LogP contribution in [0.3, 0.4) is 0 Å². The van der Waals surface area contributed by atoms with Gasteiger partial charge in [-0.1, -0.05) is 0 Å². The van der Waals surface area contributed by atoms with Gasteiger partial charge in [0, 0.05) is 0 Å². The van der Waals surface area contributed by atoms with Crippen LogP contribution in [0.2, 0.25) is 0 Å². The molecule has 0 fully saturated rings. The van der Waals surface area contributed by atoms with Gasteiger partial charge < -0.3 is 0 Å². The molecular formula is C2Cl2O4S. The van der Waals surface area contributed by atoms with Crippen LogP contribution in [0.15, 0.2) is 0 Å². The highest BCUT2D eigenvalue weighted by Crippen LogP contribution is 2.04. The van der Waals surface area contributed by atoms with Crippen LogP contribution in [0.4, 0.5) is 9.59 Å². The summed E-state index contributed by atoms with van der Waals surface area (Å²) in [4.78, 5) is 19.6. The minimum absolute atomic E-state index is 1.76. The predicted molar refractivity (Wildman–Crippen MR) is 31.4 cm³/mol. The molecular weight excluding hydrogens is 191 g/mol. The smallest absolute Gasteiger partial charge is 0.262 e. The van der Waals surface area contributed by atoms with Gasteiger partial charge in [-0.05, 0) is 23.2 Å². The monoisotopic (exact) mass is 190 g/mol. The van der Waals surface area contributed by atoms with Crippen molar-refractivity contribution in [2.24, 2.45) is 0 Å². The normalized spacial score (nSPS) is 10.9. The Morgan fingerprint density at radius 2 is 1.22 bits per heavy atom. The van der Waals surface area contributed by atoms with Crippen molar-refractivity contribution < 1.29 is 18.0 Å². The van der Waals surface area contributed by atoms with E-state index in [9.17, 15) is 18.0 Å². The fraction of sp³-hybridized carbons (Fsp3) is 0. The first-order valence-electron chi connectivity index (χ1n) is 1.53. The zero-order valence-electron chi connectivity index (χ0n) is 3.80. The Labute approximate surface area is 60.7 Å². The van der Waals surface area contributed by atoms with E-state index >= 15 is 0 Å². The predicted octanol–water partition coefficient (Wildman–Crippen LogP) is 1.12. The molecule has 0 rings (SSSR count). The second-order valence-electron chi connectivity index (χ2n) is 0.979. The van der Waals surface area contributed by atoms with E-state index in [1.165, 1.54) is 0 Å². The van der Waals surface area contributed by atoms with Crippen LogP contribution in [-0.2, 0) is 9.84 Å². The largest absolute Gasteiger partial charge is 0.345 e. The highest BCUT2D eigenvalue weighted by Gasteiger charge is 2.27. The quantitative estimate of drug-likeness (QED) is 0.538. The lowest BCUT2D eigenvalue weighted by atomic mass is 11.8. The van der Waals surface area contributed by atoms with Gasteiger partial charge in [-0.25, -0.2) is 8.42 Å². The van der Waals surface area contributed by atoms with Crippen LogP contribution in [0.1, 0.15) is 0 Å². The second-order valence-corrected chi connectivity index (χ2v) is 3.86. The topological polar surface area (TPSA) is 68.3 Å². The molecule has 0 N–H and O–H groups in total. The molecule has 9 heavy (non-hydrogen) atoms. The molecule has 0 bridgehead atoms. The van der Waals surface area contributed by atoms with Crippen molar-refractivity contribution in [3.63, 3.8) is 0 Å². The van der Waals surface area contributed by atoms with Crippen LogP contribution < -0.4 is 0 Å². The molecule has 0 unspecified atom stereocenters. The number of hydrogen-bond acceptors (Lipinski definition) is 4. The first-order valence-corrected chi connectivity index (χ1v) is 3.77. The summed E-state index contributed by atoms with van der Waals surface area (Å²) in [6.07, 6.45) is 0. The van der Waals surface area contributed by atoms with Crippen LogP contribution in [0.25, 0.3) is 0 Å². The number of sulfone groups is 1. The Kier molecular flexibility index (Phi) is 2.60. The van der Waals surface area contributed by atoms with E-state index in [0.29, 0.717) is 0 Å². The maximum absolute atomic E-state index is 10.1. The van der Waals surface area contributed by atoms with Crippen molar-refractivity contribution in [2.45, 2.75) is 0 Å². The lowest BCUT2D eigenvalue weighted by molar-refractivity contribution is 0.270. The fourth-order valence-corrected chi connectivity index (χ4v) is 0.728. The van der Waals surface area contributed by atoms with Gasteiger partial charge in [-0.2, -0.15) is 0 Å². The van der Waals surface area contributed by atoms with Crippen LogP contribution >= 0.6 is 23.2 Å². The van der Waals surface area contributed by atoms with E-state index in [4.69, 9.17) is 0 Å². The molecule has 0 aromatic rings. The van der Waals surface area contributed by atoms with Crippen molar-refractivity contribution in [3.8, 4) is 0 Å². The van der Waals surface area contributed by atoms with Gasteiger partial charge in [-0.3, -0.25) is 9.59 Å². The van der Waals surface area contributed by atoms with Crippen LogP contribution in [-0.4, -0.2) is 17.6 Å². The van der Waals surface area contributed by atoms with Crippen LogP contribution in [0.5, 0.6) is 0 Å². The summed E-state index contributed by atoms with van der Waals surface area (Å²) in [6.45, 7) is 0. The molecule has 0 aliphatic carbocycles. The van der Waals surface area contributed by atoms with Crippen molar-refractivity contribution in [1.29, 1.82) is 0 Å². The first kappa shape index (κ1) is 8.87. The zero-order valence-corrected chi connectivity index (χ0v) is 6.13. The molecule has 52 valence electrons. The third-order valence-electron chi connectivity index (χ3n) is 0.423. The maximum atomic E-state index is 10.1. The third kappa shape index (κ3) is 1.92. The second kappa shape index (κ2) is 2.64. The van der Waals surface area contributed by atoms with Crippen molar-refractivity contribution in [3.05, 3.63) is 0 Å². The van der Waals surface area contributed by atoms with Crippen molar-refractivity contribution >= 4 is 42.2 Å². The molecule has 0 radical (unpaired) electrons. The highest BCUT2D eigenvalue weighted by molar-refractivity contribution is 8.23. The molecule has 0 spiro atoms. The number of carbonyl (C=O) groups excluding carboxylic acids is 2. The van der Waals surface area contributed by atoms with Gasteiger partial charge in [0.15, 0.2) is 0 Å². The lowest BCUT2D eigenvalue weighted by Crippen LogP contribution is -2.11. The van der Waals surface area contributed by atoms with Crippen molar-refractivity contribution in [1.82, 2.24) is 0 Å². The van der Waals surface area contributed by atoms with E-state index in [-0.39, 0.29) is 0 Å². The SMILES string of the molecule is O=C(Cl)S(=O)(=O)C(=O)Cl. The Bertz CT molecular complexity index is 219. The molecule has 0 aliphatic rings. The van der Waals surface area contributed by atoms with Gasteiger partial charge in [0.2, 0.25) is 0 Å². The zero-order chi connectivity index (χ0) is 7.65. The standard InChI is InChI=1S/C2Cl2O4S/c3-1(5)9(7,8)2(4)6. The van der Waals surface area contributed by atoms with E-state index < -0.39 is 19.0 Å². The summed E-state index contributed by atoms with van der Waals surface area (Å²) < 4.78 is 16.6. The van der Waals surface area contributed by atoms with Gasteiger partial charge in [0.05, 0.1) is 0 Å². The van der Waals surface area contributed by atoms with Gasteiger partial charge in [-0.15, -0.1) is 0 Å². The first-order chi connectivity index (χ1) is 3.89. The molecule has 0 saturated heterocycles. The molecule has 0 atom stereocenters. The summed E-state index contributed by atoms with van der Waals surface area (Å²) in [5.74, 6) is 0. The summed E-state index contributed by atoms with van der Waals surface area (Å²) in [5.41, 5.74) is 0. The summed E-state index contributed by atoms with van der Waals surface area (Å²) in [6, 6.07) is 0. The number of hydrogen-bond donors (Lipinski definition) is 0. The number of carbonyl (C=O) groups is 2. The Morgan fingerprint density at radius 3 is 1.22 bits per heavy atom. The molecule has 0 saturated carbocycles. The summed E-state index contributed by atoms with van der Waals surface area (Å²) in [5, 5.41) is 0. The molecule has 7 heteroatoms. The van der Waals surface area contributed by atoms with E-state index in [1.54, 1.807) is 0 Å². The average molecular weight is 191 g/mol.